The quantitative estimate of drug-likeness (QED) is 0.846. The largest absolute Gasteiger partial charge is 0.369 e. The topological polar surface area (TPSA) is 90.1 Å². The lowest BCUT2D eigenvalue weighted by atomic mass is 9.99. The molecule has 8 nitrogen and oxygen atoms in total. The number of carbonyl (C=O) groups is 1. The van der Waals surface area contributed by atoms with Crippen LogP contribution in [0.25, 0.3) is 0 Å². The van der Waals surface area contributed by atoms with Gasteiger partial charge < -0.3 is 14.5 Å². The third-order valence-electron chi connectivity index (χ3n) is 6.54. The van der Waals surface area contributed by atoms with E-state index >= 15 is 0 Å². The van der Waals surface area contributed by atoms with Crippen LogP contribution in [-0.4, -0.2) is 63.5 Å². The maximum atomic E-state index is 13.1. The molecule has 0 aromatic carbocycles. The summed E-state index contributed by atoms with van der Waals surface area (Å²) >= 11 is 0. The van der Waals surface area contributed by atoms with E-state index in [1.165, 1.54) is 18.5 Å². The van der Waals surface area contributed by atoms with Crippen molar-refractivity contribution in [2.24, 2.45) is 0 Å². The van der Waals surface area contributed by atoms with Gasteiger partial charge in [0.05, 0.1) is 17.9 Å². The van der Waals surface area contributed by atoms with Crippen molar-refractivity contribution in [1.82, 2.24) is 25.3 Å². The molecule has 2 aromatic heterocycles. The molecule has 2 N–H and O–H groups in total. The second-order valence-electron chi connectivity index (χ2n) is 8.74. The number of nitrogens with zero attached hydrogens (tertiary/aromatic N) is 4. The first kappa shape index (κ1) is 17.7. The molecule has 2 aromatic rings. The van der Waals surface area contributed by atoms with Crippen LogP contribution in [0, 0.1) is 0 Å². The SMILES string of the molecule is C[C@@H]1Cc2c(C(=O)N3CCN(c4cc(C5(C)CC5)[nH]n4)CC3)n[nH]c2[C@H](C)O1. The van der Waals surface area contributed by atoms with Crippen LogP contribution in [0.1, 0.15) is 67.2 Å². The van der Waals surface area contributed by atoms with Gasteiger partial charge in [0.15, 0.2) is 11.5 Å². The number of fused-ring (bicyclic) bond motifs is 1. The molecule has 4 heterocycles. The van der Waals surface area contributed by atoms with E-state index in [1.54, 1.807) is 0 Å². The van der Waals surface area contributed by atoms with Crippen LogP contribution in [-0.2, 0) is 16.6 Å². The summed E-state index contributed by atoms with van der Waals surface area (Å²) in [5, 5.41) is 15.1. The van der Waals surface area contributed by atoms with Crippen molar-refractivity contribution in [2.45, 2.75) is 57.7 Å². The molecule has 2 atom stereocenters. The fourth-order valence-electron chi connectivity index (χ4n) is 4.38. The smallest absolute Gasteiger partial charge is 0.274 e. The second kappa shape index (κ2) is 6.34. The molecule has 0 unspecified atom stereocenters. The van der Waals surface area contributed by atoms with Crippen LogP contribution >= 0.6 is 0 Å². The minimum Gasteiger partial charge on any atom is -0.369 e. The Morgan fingerprint density at radius 3 is 2.64 bits per heavy atom. The van der Waals surface area contributed by atoms with E-state index in [0.717, 1.165) is 36.6 Å². The van der Waals surface area contributed by atoms with Gasteiger partial charge in [-0.1, -0.05) is 6.92 Å². The number of nitrogens with one attached hydrogen (secondary N) is 2. The van der Waals surface area contributed by atoms with Crippen LogP contribution in [0.15, 0.2) is 6.07 Å². The molecule has 2 fully saturated rings. The maximum absolute atomic E-state index is 13.1. The summed E-state index contributed by atoms with van der Waals surface area (Å²) in [5.41, 5.74) is 4.05. The van der Waals surface area contributed by atoms with Crippen molar-refractivity contribution in [2.75, 3.05) is 31.1 Å². The predicted octanol–water partition coefficient (Wildman–Crippen LogP) is 2.17. The average molecular weight is 384 g/mol. The van der Waals surface area contributed by atoms with E-state index in [0.29, 0.717) is 24.2 Å². The molecule has 1 saturated carbocycles. The van der Waals surface area contributed by atoms with Crippen molar-refractivity contribution >= 4 is 11.7 Å². The zero-order valence-corrected chi connectivity index (χ0v) is 16.8. The molecule has 0 spiro atoms. The molecular formula is C20H28N6O2. The van der Waals surface area contributed by atoms with Crippen LogP contribution in [0.4, 0.5) is 5.82 Å². The number of aromatic amines is 2. The third-order valence-corrected chi connectivity index (χ3v) is 6.54. The Morgan fingerprint density at radius 2 is 1.93 bits per heavy atom. The number of anilines is 1. The third kappa shape index (κ3) is 2.90. The lowest BCUT2D eigenvalue weighted by Crippen LogP contribution is -2.49. The van der Waals surface area contributed by atoms with Crippen LogP contribution in [0.5, 0.6) is 0 Å². The highest BCUT2D eigenvalue weighted by atomic mass is 16.5. The van der Waals surface area contributed by atoms with Crippen molar-refractivity contribution < 1.29 is 9.53 Å². The average Bonchev–Trinajstić information content (AvgIpc) is 3.11. The van der Waals surface area contributed by atoms with E-state index < -0.39 is 0 Å². The lowest BCUT2D eigenvalue weighted by Gasteiger charge is -2.34. The van der Waals surface area contributed by atoms with Crippen LogP contribution < -0.4 is 4.90 Å². The molecule has 2 aliphatic heterocycles. The highest BCUT2D eigenvalue weighted by molar-refractivity contribution is 5.94. The predicted molar refractivity (Wildman–Crippen MR) is 105 cm³/mol. The molecule has 0 radical (unpaired) electrons. The number of carbonyl (C=O) groups excluding carboxylic acids is 1. The van der Waals surface area contributed by atoms with Gasteiger partial charge in [-0.05, 0) is 26.7 Å². The van der Waals surface area contributed by atoms with Crippen molar-refractivity contribution in [3.63, 3.8) is 0 Å². The fraction of sp³-hybridized carbons (Fsp3) is 0.650. The highest BCUT2D eigenvalue weighted by Crippen LogP contribution is 2.47. The number of ether oxygens (including phenoxy) is 1. The number of aromatic nitrogens is 4. The van der Waals surface area contributed by atoms with Crippen LogP contribution in [0.3, 0.4) is 0 Å². The number of rotatable bonds is 3. The Balaban J connectivity index is 1.26. The van der Waals surface area contributed by atoms with Gasteiger partial charge in [-0.2, -0.15) is 10.2 Å². The van der Waals surface area contributed by atoms with E-state index in [2.05, 4.69) is 38.3 Å². The summed E-state index contributed by atoms with van der Waals surface area (Å²) in [7, 11) is 0. The molecule has 1 amide bonds. The number of hydrogen-bond acceptors (Lipinski definition) is 5. The highest BCUT2D eigenvalue weighted by Gasteiger charge is 2.41. The number of hydrogen-bond donors (Lipinski definition) is 2. The van der Waals surface area contributed by atoms with E-state index in [-0.39, 0.29) is 18.1 Å². The van der Waals surface area contributed by atoms with Crippen LogP contribution in [0.2, 0.25) is 0 Å². The number of amides is 1. The minimum atomic E-state index is -0.0492. The van der Waals surface area contributed by atoms with Crippen molar-refractivity contribution in [3.05, 3.63) is 28.7 Å². The molecule has 28 heavy (non-hydrogen) atoms. The zero-order chi connectivity index (χ0) is 19.5. The summed E-state index contributed by atoms with van der Waals surface area (Å²) in [4.78, 5) is 17.3. The Kier molecular flexibility index (Phi) is 4.01. The molecular weight excluding hydrogens is 356 g/mol. The maximum Gasteiger partial charge on any atom is 0.274 e. The van der Waals surface area contributed by atoms with Gasteiger partial charge in [-0.25, -0.2) is 0 Å². The summed E-state index contributed by atoms with van der Waals surface area (Å²) in [6.45, 7) is 9.26. The van der Waals surface area contributed by atoms with E-state index in [4.69, 9.17) is 4.74 Å². The van der Waals surface area contributed by atoms with Gasteiger partial charge >= 0.3 is 0 Å². The van der Waals surface area contributed by atoms with E-state index in [1.807, 2.05) is 18.7 Å². The summed E-state index contributed by atoms with van der Waals surface area (Å²) in [6.07, 6.45) is 3.24. The Labute approximate surface area is 164 Å². The molecule has 0 bridgehead atoms. The van der Waals surface area contributed by atoms with Gasteiger partial charge in [0, 0.05) is 55.3 Å². The van der Waals surface area contributed by atoms with Gasteiger partial charge in [0.25, 0.3) is 5.91 Å². The molecule has 1 aliphatic carbocycles. The first-order chi connectivity index (χ1) is 13.4. The van der Waals surface area contributed by atoms with E-state index in [9.17, 15) is 4.79 Å². The normalized spacial score (nSPS) is 26.2. The monoisotopic (exact) mass is 384 g/mol. The first-order valence-corrected chi connectivity index (χ1v) is 10.3. The number of piperazine rings is 1. The van der Waals surface area contributed by atoms with Gasteiger partial charge in [-0.15, -0.1) is 0 Å². The Morgan fingerprint density at radius 1 is 1.18 bits per heavy atom. The van der Waals surface area contributed by atoms with Crippen molar-refractivity contribution in [3.8, 4) is 0 Å². The molecule has 8 heteroatoms. The van der Waals surface area contributed by atoms with Crippen molar-refractivity contribution in [1.29, 1.82) is 0 Å². The summed E-state index contributed by atoms with van der Waals surface area (Å²) in [5.74, 6) is 1.01. The lowest BCUT2D eigenvalue weighted by molar-refractivity contribution is -0.00702. The first-order valence-electron chi connectivity index (χ1n) is 10.3. The Hall–Kier alpha value is -2.35. The van der Waals surface area contributed by atoms with Gasteiger partial charge in [0.1, 0.15) is 0 Å². The van der Waals surface area contributed by atoms with Gasteiger partial charge in [-0.3, -0.25) is 15.0 Å². The standard InChI is InChI=1S/C20H28N6O2/c1-12-10-14-17(13(2)28-12)23-24-18(14)19(27)26-8-6-25(7-9-26)16-11-15(21-22-16)20(3)4-5-20/h11-13H,4-10H2,1-3H3,(H,21,22)(H,23,24)/t12-,13+/m1/s1. The fourth-order valence-corrected chi connectivity index (χ4v) is 4.38. The molecule has 5 rings (SSSR count). The Bertz CT molecular complexity index is 890. The second-order valence-corrected chi connectivity index (χ2v) is 8.74. The molecule has 3 aliphatic rings. The zero-order valence-electron chi connectivity index (χ0n) is 16.8. The van der Waals surface area contributed by atoms with Gasteiger partial charge in [0.2, 0.25) is 0 Å². The molecule has 150 valence electrons. The molecule has 1 saturated heterocycles. The minimum absolute atomic E-state index is 0.0201. The summed E-state index contributed by atoms with van der Waals surface area (Å²) in [6, 6.07) is 2.18. The summed E-state index contributed by atoms with van der Waals surface area (Å²) < 4.78 is 5.83. The number of H-pyrrole nitrogens is 2.